The second-order valence-electron chi connectivity index (χ2n) is 5.29. The van der Waals surface area contributed by atoms with E-state index in [0.29, 0.717) is 30.3 Å². The van der Waals surface area contributed by atoms with E-state index in [-0.39, 0.29) is 12.3 Å². The number of hydrogen-bond donors (Lipinski definition) is 2. The fraction of sp³-hybridized carbons (Fsp3) is 0.571. The lowest BCUT2D eigenvalue weighted by atomic mass is 9.97. The first kappa shape index (κ1) is 14.7. The molecule has 1 unspecified atom stereocenters. The molecule has 1 fully saturated rings. The van der Waals surface area contributed by atoms with Crippen molar-refractivity contribution in [1.82, 2.24) is 0 Å². The lowest BCUT2D eigenvalue weighted by molar-refractivity contribution is -0.384. The summed E-state index contributed by atoms with van der Waals surface area (Å²) in [5.41, 5.74) is 1.17. The van der Waals surface area contributed by atoms with Crippen molar-refractivity contribution in [3.63, 3.8) is 0 Å². The van der Waals surface area contributed by atoms with Crippen molar-refractivity contribution in [2.24, 2.45) is 5.92 Å². The number of aliphatic hydroxyl groups excluding tert-OH is 2. The van der Waals surface area contributed by atoms with Gasteiger partial charge in [-0.3, -0.25) is 10.1 Å². The summed E-state index contributed by atoms with van der Waals surface area (Å²) in [7, 11) is 0. The second kappa shape index (κ2) is 6.19. The largest absolute Gasteiger partial charge is 0.396 e. The van der Waals surface area contributed by atoms with Crippen LogP contribution in [0, 0.1) is 16.0 Å². The molecular weight excluding hydrogens is 260 g/mol. The molecule has 6 nitrogen and oxygen atoms in total. The molecule has 0 radical (unpaired) electrons. The predicted molar refractivity (Wildman–Crippen MR) is 75.8 cm³/mol. The van der Waals surface area contributed by atoms with E-state index in [2.05, 4.69) is 0 Å². The fourth-order valence-electron chi connectivity index (χ4n) is 2.57. The third kappa shape index (κ3) is 3.08. The lowest BCUT2D eigenvalue weighted by Crippen LogP contribution is -2.35. The Morgan fingerprint density at radius 2 is 2.10 bits per heavy atom. The Balaban J connectivity index is 2.25. The molecule has 0 bridgehead atoms. The van der Waals surface area contributed by atoms with Crippen molar-refractivity contribution in [3.05, 3.63) is 33.9 Å². The van der Waals surface area contributed by atoms with Gasteiger partial charge in [0, 0.05) is 25.8 Å². The number of anilines is 1. The fourth-order valence-corrected chi connectivity index (χ4v) is 2.57. The molecule has 0 aromatic heterocycles. The van der Waals surface area contributed by atoms with Gasteiger partial charge in [0.25, 0.3) is 5.69 Å². The Kier molecular flexibility index (Phi) is 4.57. The highest BCUT2D eigenvalue weighted by atomic mass is 16.6. The molecule has 1 heterocycles. The SMILES string of the molecule is CC(O)c1ccc(N2CCC(CO)CC2)c([N+](=O)[O-])c1. The first-order valence-electron chi connectivity index (χ1n) is 6.85. The maximum Gasteiger partial charge on any atom is 0.292 e. The molecule has 2 rings (SSSR count). The first-order valence-corrected chi connectivity index (χ1v) is 6.85. The zero-order chi connectivity index (χ0) is 14.7. The number of hydrogen-bond acceptors (Lipinski definition) is 5. The van der Waals surface area contributed by atoms with Crippen LogP contribution in [0.25, 0.3) is 0 Å². The van der Waals surface area contributed by atoms with E-state index in [4.69, 9.17) is 5.11 Å². The standard InChI is InChI=1S/C14H20N2O4/c1-10(18)12-2-3-13(14(8-12)16(19)20)15-6-4-11(9-17)5-7-15/h2-3,8,10-11,17-18H,4-7,9H2,1H3. The third-order valence-electron chi connectivity index (χ3n) is 3.89. The molecule has 1 aromatic carbocycles. The topological polar surface area (TPSA) is 86.8 Å². The van der Waals surface area contributed by atoms with Crippen molar-refractivity contribution >= 4 is 11.4 Å². The van der Waals surface area contributed by atoms with Gasteiger partial charge >= 0.3 is 0 Å². The highest BCUT2D eigenvalue weighted by Gasteiger charge is 2.25. The van der Waals surface area contributed by atoms with Crippen LogP contribution >= 0.6 is 0 Å². The Labute approximate surface area is 117 Å². The minimum absolute atomic E-state index is 0.0332. The minimum Gasteiger partial charge on any atom is -0.396 e. The van der Waals surface area contributed by atoms with Crippen LogP contribution in [0.15, 0.2) is 18.2 Å². The van der Waals surface area contributed by atoms with Crippen LogP contribution in [0.4, 0.5) is 11.4 Å². The summed E-state index contributed by atoms with van der Waals surface area (Å²) in [5, 5.41) is 29.9. The van der Waals surface area contributed by atoms with Crippen molar-refractivity contribution in [1.29, 1.82) is 0 Å². The van der Waals surface area contributed by atoms with E-state index in [1.807, 2.05) is 4.90 Å². The van der Waals surface area contributed by atoms with Crippen LogP contribution in [0.2, 0.25) is 0 Å². The average Bonchev–Trinajstić information content (AvgIpc) is 2.46. The molecule has 0 amide bonds. The summed E-state index contributed by atoms with van der Waals surface area (Å²) in [5.74, 6) is 0.294. The van der Waals surface area contributed by atoms with E-state index in [1.54, 1.807) is 19.1 Å². The van der Waals surface area contributed by atoms with Crippen molar-refractivity contribution in [3.8, 4) is 0 Å². The molecule has 110 valence electrons. The predicted octanol–water partition coefficient (Wildman–Crippen LogP) is 1.86. The number of nitro groups is 1. The van der Waals surface area contributed by atoms with Gasteiger partial charge in [-0.1, -0.05) is 6.07 Å². The normalized spacial score (nSPS) is 18.1. The van der Waals surface area contributed by atoms with E-state index in [1.165, 1.54) is 6.07 Å². The summed E-state index contributed by atoms with van der Waals surface area (Å²) in [6.07, 6.45) is 0.959. The molecular formula is C14H20N2O4. The molecule has 1 aliphatic rings. The van der Waals surface area contributed by atoms with Gasteiger partial charge in [0.1, 0.15) is 5.69 Å². The van der Waals surface area contributed by atoms with Gasteiger partial charge in [0.2, 0.25) is 0 Å². The third-order valence-corrected chi connectivity index (χ3v) is 3.89. The summed E-state index contributed by atoms with van der Waals surface area (Å²) in [4.78, 5) is 12.8. The van der Waals surface area contributed by atoms with Crippen molar-refractivity contribution in [2.45, 2.75) is 25.9 Å². The van der Waals surface area contributed by atoms with Gasteiger partial charge in [-0.15, -0.1) is 0 Å². The zero-order valence-electron chi connectivity index (χ0n) is 11.5. The number of nitrogens with zero attached hydrogens (tertiary/aromatic N) is 2. The van der Waals surface area contributed by atoms with Gasteiger partial charge in [0.05, 0.1) is 11.0 Å². The highest BCUT2D eigenvalue weighted by Crippen LogP contribution is 2.33. The van der Waals surface area contributed by atoms with E-state index in [9.17, 15) is 15.2 Å². The van der Waals surface area contributed by atoms with E-state index in [0.717, 1.165) is 12.8 Å². The molecule has 1 atom stereocenters. The molecule has 1 aromatic rings. The lowest BCUT2D eigenvalue weighted by Gasteiger charge is -2.32. The molecule has 0 aliphatic carbocycles. The molecule has 1 aliphatic heterocycles. The molecule has 0 saturated carbocycles. The molecule has 1 saturated heterocycles. The minimum atomic E-state index is -0.720. The summed E-state index contributed by atoms with van der Waals surface area (Å²) in [6.45, 7) is 3.18. The van der Waals surface area contributed by atoms with Crippen LogP contribution in [0.5, 0.6) is 0 Å². The molecule has 6 heteroatoms. The summed E-state index contributed by atoms with van der Waals surface area (Å²) < 4.78 is 0. The summed E-state index contributed by atoms with van der Waals surface area (Å²) in [6, 6.07) is 4.88. The van der Waals surface area contributed by atoms with Gasteiger partial charge in [0.15, 0.2) is 0 Å². The Hall–Kier alpha value is -1.66. The molecule has 20 heavy (non-hydrogen) atoms. The van der Waals surface area contributed by atoms with Gasteiger partial charge in [-0.25, -0.2) is 0 Å². The second-order valence-corrected chi connectivity index (χ2v) is 5.29. The zero-order valence-corrected chi connectivity index (χ0v) is 11.5. The van der Waals surface area contributed by atoms with Gasteiger partial charge in [-0.2, -0.15) is 0 Å². The smallest absolute Gasteiger partial charge is 0.292 e. The Morgan fingerprint density at radius 1 is 1.45 bits per heavy atom. The maximum atomic E-state index is 11.2. The Bertz CT molecular complexity index is 482. The van der Waals surface area contributed by atoms with Crippen LogP contribution in [-0.4, -0.2) is 34.8 Å². The van der Waals surface area contributed by atoms with E-state index >= 15 is 0 Å². The van der Waals surface area contributed by atoms with E-state index < -0.39 is 11.0 Å². The highest BCUT2D eigenvalue weighted by molar-refractivity contribution is 5.64. The first-order chi connectivity index (χ1) is 9.52. The molecule has 2 N–H and O–H groups in total. The van der Waals surface area contributed by atoms with Crippen molar-refractivity contribution < 1.29 is 15.1 Å². The van der Waals surface area contributed by atoms with Gasteiger partial charge < -0.3 is 15.1 Å². The van der Waals surface area contributed by atoms with Crippen LogP contribution in [-0.2, 0) is 0 Å². The number of benzene rings is 1. The number of nitro benzene ring substituents is 1. The number of rotatable bonds is 4. The quantitative estimate of drug-likeness (QED) is 0.649. The number of aliphatic hydroxyl groups is 2. The monoisotopic (exact) mass is 280 g/mol. The average molecular weight is 280 g/mol. The van der Waals surface area contributed by atoms with Gasteiger partial charge in [-0.05, 0) is 37.3 Å². The van der Waals surface area contributed by atoms with Crippen molar-refractivity contribution in [2.75, 3.05) is 24.6 Å². The van der Waals surface area contributed by atoms with Crippen LogP contribution in [0.3, 0.4) is 0 Å². The number of piperidine rings is 1. The van der Waals surface area contributed by atoms with Crippen LogP contribution in [0.1, 0.15) is 31.4 Å². The van der Waals surface area contributed by atoms with Crippen LogP contribution < -0.4 is 4.90 Å². The summed E-state index contributed by atoms with van der Waals surface area (Å²) >= 11 is 0. The molecule has 0 spiro atoms. The Morgan fingerprint density at radius 3 is 2.60 bits per heavy atom. The maximum absolute atomic E-state index is 11.2.